The van der Waals surface area contributed by atoms with Gasteiger partial charge in [0, 0.05) is 14.1 Å². The first-order chi connectivity index (χ1) is 9.40. The Morgan fingerprint density at radius 3 is 2.00 bits per heavy atom. The molecule has 0 saturated carbocycles. The van der Waals surface area contributed by atoms with Crippen LogP contribution < -0.4 is 14.2 Å². The summed E-state index contributed by atoms with van der Waals surface area (Å²) in [5.74, 6) is -0.786. The van der Waals surface area contributed by atoms with Crippen LogP contribution in [0.5, 0.6) is 17.2 Å². The molecule has 0 radical (unpaired) electrons. The van der Waals surface area contributed by atoms with Crippen molar-refractivity contribution in [2.24, 2.45) is 0 Å². The average Bonchev–Trinajstić information content (AvgIpc) is 2.43. The molecule has 0 bridgehead atoms. The predicted octanol–water partition coefficient (Wildman–Crippen LogP) is 0.869. The normalized spacial score (nSPS) is 9.80. The van der Waals surface area contributed by atoms with E-state index in [-0.39, 0.29) is 35.3 Å². The van der Waals surface area contributed by atoms with Crippen LogP contribution in [0.3, 0.4) is 0 Å². The van der Waals surface area contributed by atoms with Crippen molar-refractivity contribution in [1.82, 2.24) is 4.90 Å². The highest BCUT2D eigenvalue weighted by Crippen LogP contribution is 2.38. The Labute approximate surface area is 116 Å². The summed E-state index contributed by atoms with van der Waals surface area (Å²) in [6, 6.07) is 2.61. The Morgan fingerprint density at radius 2 is 1.65 bits per heavy atom. The van der Waals surface area contributed by atoms with Gasteiger partial charge in [-0.3, -0.25) is 4.79 Å². The number of carboxylic acid groups (broad SMARTS) is 1. The van der Waals surface area contributed by atoms with Crippen molar-refractivity contribution in [2.45, 2.75) is 0 Å². The third kappa shape index (κ3) is 3.53. The molecule has 0 aromatic heterocycles. The molecular weight excluding hydrogens is 266 g/mol. The molecule has 1 N–H and O–H groups in total. The maximum atomic E-state index is 11.5. The van der Waals surface area contributed by atoms with Crippen LogP contribution in [-0.2, 0) is 4.79 Å². The van der Waals surface area contributed by atoms with Gasteiger partial charge in [-0.25, -0.2) is 4.79 Å². The van der Waals surface area contributed by atoms with Crippen molar-refractivity contribution in [2.75, 3.05) is 34.9 Å². The van der Waals surface area contributed by atoms with Crippen molar-refractivity contribution in [1.29, 1.82) is 0 Å². The summed E-state index contributed by atoms with van der Waals surface area (Å²) in [6.07, 6.45) is 0. The second-order valence-corrected chi connectivity index (χ2v) is 4.09. The van der Waals surface area contributed by atoms with E-state index in [1.165, 1.54) is 31.3 Å². The van der Waals surface area contributed by atoms with Crippen LogP contribution in [0.25, 0.3) is 0 Å². The summed E-state index contributed by atoms with van der Waals surface area (Å²) in [7, 11) is 5.96. The molecule has 20 heavy (non-hydrogen) atoms. The molecule has 0 aliphatic heterocycles. The third-order valence-electron chi connectivity index (χ3n) is 2.55. The second kappa shape index (κ2) is 6.65. The number of benzene rings is 1. The summed E-state index contributed by atoms with van der Waals surface area (Å²) < 4.78 is 15.5. The molecule has 1 aromatic carbocycles. The Morgan fingerprint density at radius 1 is 1.15 bits per heavy atom. The minimum atomic E-state index is -1.11. The first-order valence-corrected chi connectivity index (χ1v) is 5.73. The van der Waals surface area contributed by atoms with Crippen LogP contribution in [0, 0.1) is 0 Å². The predicted molar refractivity (Wildman–Crippen MR) is 70.7 cm³/mol. The second-order valence-electron chi connectivity index (χ2n) is 4.09. The summed E-state index contributed by atoms with van der Waals surface area (Å²) in [6.45, 7) is -0.202. The number of methoxy groups -OCH3 is 2. The number of carbonyl (C=O) groups is 2. The van der Waals surface area contributed by atoms with E-state index < -0.39 is 5.97 Å². The maximum absolute atomic E-state index is 11.5. The standard InChI is InChI=1S/C13H17NO6/c1-14(2)11(15)7-20-12-9(18-3)5-8(13(16)17)6-10(12)19-4/h5-6H,7H2,1-4H3,(H,16,17). The number of hydrogen-bond acceptors (Lipinski definition) is 5. The molecule has 1 amide bonds. The quantitative estimate of drug-likeness (QED) is 0.833. The lowest BCUT2D eigenvalue weighted by Gasteiger charge is -2.16. The van der Waals surface area contributed by atoms with Crippen LogP contribution in [0.4, 0.5) is 0 Å². The van der Waals surface area contributed by atoms with Crippen molar-refractivity contribution >= 4 is 11.9 Å². The van der Waals surface area contributed by atoms with E-state index in [0.29, 0.717) is 0 Å². The molecule has 0 atom stereocenters. The Bertz CT molecular complexity index is 487. The van der Waals surface area contributed by atoms with Gasteiger partial charge in [0.2, 0.25) is 5.75 Å². The van der Waals surface area contributed by atoms with E-state index in [1.54, 1.807) is 14.1 Å². The number of carbonyl (C=O) groups excluding carboxylic acids is 1. The molecule has 1 rings (SSSR count). The van der Waals surface area contributed by atoms with Gasteiger partial charge in [-0.15, -0.1) is 0 Å². The SMILES string of the molecule is COc1cc(C(=O)O)cc(OC)c1OCC(=O)N(C)C. The molecule has 0 unspecified atom stereocenters. The Balaban J connectivity index is 3.10. The Hall–Kier alpha value is -2.44. The Kier molecular flexibility index (Phi) is 5.19. The van der Waals surface area contributed by atoms with Gasteiger partial charge in [0.1, 0.15) is 0 Å². The minimum Gasteiger partial charge on any atom is -0.493 e. The smallest absolute Gasteiger partial charge is 0.335 e. The van der Waals surface area contributed by atoms with Gasteiger partial charge in [-0.2, -0.15) is 0 Å². The topological polar surface area (TPSA) is 85.3 Å². The van der Waals surface area contributed by atoms with E-state index in [4.69, 9.17) is 19.3 Å². The lowest BCUT2D eigenvalue weighted by molar-refractivity contribution is -0.130. The van der Waals surface area contributed by atoms with E-state index >= 15 is 0 Å². The van der Waals surface area contributed by atoms with E-state index in [2.05, 4.69) is 0 Å². The number of ether oxygens (including phenoxy) is 3. The zero-order chi connectivity index (χ0) is 15.3. The van der Waals surface area contributed by atoms with Gasteiger partial charge in [0.05, 0.1) is 19.8 Å². The van der Waals surface area contributed by atoms with Crippen LogP contribution in [0.1, 0.15) is 10.4 Å². The highest BCUT2D eigenvalue weighted by atomic mass is 16.5. The minimum absolute atomic E-state index is 0.00462. The van der Waals surface area contributed by atoms with Crippen LogP contribution >= 0.6 is 0 Å². The van der Waals surface area contributed by atoms with E-state index in [1.807, 2.05) is 0 Å². The van der Waals surface area contributed by atoms with Crippen molar-refractivity contribution < 1.29 is 28.9 Å². The molecule has 7 heteroatoms. The van der Waals surface area contributed by atoms with Gasteiger partial charge < -0.3 is 24.2 Å². The van der Waals surface area contributed by atoms with Crippen LogP contribution in [0.2, 0.25) is 0 Å². The molecule has 0 fully saturated rings. The molecular formula is C13H17NO6. The molecule has 0 aliphatic carbocycles. The fraction of sp³-hybridized carbons (Fsp3) is 0.385. The molecule has 110 valence electrons. The molecule has 0 heterocycles. The fourth-order valence-corrected chi connectivity index (χ4v) is 1.41. The molecule has 7 nitrogen and oxygen atoms in total. The third-order valence-corrected chi connectivity index (χ3v) is 2.55. The van der Waals surface area contributed by atoms with Crippen molar-refractivity contribution in [3.8, 4) is 17.2 Å². The fourth-order valence-electron chi connectivity index (χ4n) is 1.41. The van der Waals surface area contributed by atoms with Gasteiger partial charge in [0.15, 0.2) is 18.1 Å². The lowest BCUT2D eigenvalue weighted by atomic mass is 10.2. The van der Waals surface area contributed by atoms with Gasteiger partial charge in [-0.1, -0.05) is 0 Å². The van der Waals surface area contributed by atoms with E-state index in [9.17, 15) is 9.59 Å². The molecule has 0 aliphatic rings. The maximum Gasteiger partial charge on any atom is 0.335 e. The molecule has 0 saturated heterocycles. The lowest BCUT2D eigenvalue weighted by Crippen LogP contribution is -2.27. The molecule has 0 spiro atoms. The first-order valence-electron chi connectivity index (χ1n) is 5.73. The summed E-state index contributed by atoms with van der Waals surface area (Å²) in [5.41, 5.74) is 0.00462. The summed E-state index contributed by atoms with van der Waals surface area (Å²) in [4.78, 5) is 23.9. The zero-order valence-corrected chi connectivity index (χ0v) is 11.8. The number of carboxylic acids is 1. The number of nitrogens with zero attached hydrogens (tertiary/aromatic N) is 1. The number of aromatic carboxylic acids is 1. The largest absolute Gasteiger partial charge is 0.493 e. The van der Waals surface area contributed by atoms with Gasteiger partial charge in [0.25, 0.3) is 5.91 Å². The first kappa shape index (κ1) is 15.6. The van der Waals surface area contributed by atoms with Gasteiger partial charge >= 0.3 is 5.97 Å². The number of amides is 1. The molecule has 1 aromatic rings. The highest BCUT2D eigenvalue weighted by Gasteiger charge is 2.18. The zero-order valence-electron chi connectivity index (χ0n) is 11.8. The van der Waals surface area contributed by atoms with E-state index in [0.717, 1.165) is 0 Å². The highest BCUT2D eigenvalue weighted by molar-refractivity contribution is 5.89. The summed E-state index contributed by atoms with van der Waals surface area (Å²) >= 11 is 0. The van der Waals surface area contributed by atoms with Gasteiger partial charge in [-0.05, 0) is 12.1 Å². The van der Waals surface area contributed by atoms with Crippen LogP contribution in [0.15, 0.2) is 12.1 Å². The summed E-state index contributed by atoms with van der Waals surface area (Å²) in [5, 5.41) is 8.99. The van der Waals surface area contributed by atoms with Crippen molar-refractivity contribution in [3.05, 3.63) is 17.7 Å². The number of rotatable bonds is 6. The number of hydrogen-bond donors (Lipinski definition) is 1. The average molecular weight is 283 g/mol. The number of likely N-dealkylation sites (N-methyl/N-ethyl adjacent to an activating group) is 1. The van der Waals surface area contributed by atoms with Crippen molar-refractivity contribution in [3.63, 3.8) is 0 Å². The van der Waals surface area contributed by atoms with Crippen LogP contribution in [-0.4, -0.2) is 56.8 Å². The monoisotopic (exact) mass is 283 g/mol.